The number of aliphatic hydroxyl groups is 1. The SMILES string of the molecule is C=C(OC(C)(C)C)N1CCC2(COC(F)C(=O)N2)C1CO.CC.CC. The maximum atomic E-state index is 13.2. The number of amides is 1. The van der Waals surface area contributed by atoms with Gasteiger partial charge in [0.25, 0.3) is 12.3 Å². The van der Waals surface area contributed by atoms with E-state index < -0.39 is 29.4 Å². The van der Waals surface area contributed by atoms with Crippen molar-refractivity contribution in [2.75, 3.05) is 19.8 Å². The number of carbonyl (C=O) groups is 1. The first-order chi connectivity index (χ1) is 11.7. The van der Waals surface area contributed by atoms with E-state index in [-0.39, 0.29) is 13.2 Å². The highest BCUT2D eigenvalue weighted by Gasteiger charge is 2.53. The molecule has 0 aromatic rings. The highest BCUT2D eigenvalue weighted by atomic mass is 19.1. The van der Waals surface area contributed by atoms with Crippen LogP contribution < -0.4 is 5.32 Å². The van der Waals surface area contributed by atoms with E-state index in [4.69, 9.17) is 9.47 Å². The zero-order chi connectivity index (χ0) is 19.8. The Hall–Kier alpha value is -1.34. The molecule has 6 nitrogen and oxygen atoms in total. The minimum atomic E-state index is -1.95. The van der Waals surface area contributed by atoms with Crippen LogP contribution in [0, 0.1) is 0 Å². The predicted molar refractivity (Wildman–Crippen MR) is 96.6 cm³/mol. The lowest BCUT2D eigenvalue weighted by Gasteiger charge is -2.42. The fraction of sp³-hybridized carbons (Fsp3) is 0.833. The maximum Gasteiger partial charge on any atom is 0.282 e. The molecule has 2 saturated heterocycles. The summed E-state index contributed by atoms with van der Waals surface area (Å²) in [7, 11) is 0. The molecule has 0 bridgehead atoms. The Morgan fingerprint density at radius 1 is 1.44 bits per heavy atom. The van der Waals surface area contributed by atoms with Gasteiger partial charge < -0.3 is 24.8 Å². The van der Waals surface area contributed by atoms with Gasteiger partial charge in [0.15, 0.2) is 5.88 Å². The van der Waals surface area contributed by atoms with E-state index in [0.29, 0.717) is 18.8 Å². The summed E-state index contributed by atoms with van der Waals surface area (Å²) in [5.74, 6) is -0.376. The van der Waals surface area contributed by atoms with Gasteiger partial charge in [0.1, 0.15) is 5.60 Å². The standard InChI is InChI=1S/C14H23FN2O4.2C2H6/c1-9(21-13(2,3)4)17-6-5-14(10(17)7-18)8-20-11(15)12(19)16-14;2*1-2/h10-11,18H,1,5-8H2,2-4H3,(H,16,19);2*1-2H3. The summed E-state index contributed by atoms with van der Waals surface area (Å²) in [5.41, 5.74) is -1.22. The number of nitrogens with one attached hydrogen (secondary N) is 1. The molecule has 2 rings (SSSR count). The van der Waals surface area contributed by atoms with Crippen LogP contribution in [0.25, 0.3) is 0 Å². The number of nitrogens with zero attached hydrogens (tertiary/aromatic N) is 1. The van der Waals surface area contributed by atoms with E-state index in [9.17, 15) is 14.3 Å². The van der Waals surface area contributed by atoms with Crippen LogP contribution in [0.15, 0.2) is 12.5 Å². The molecule has 3 unspecified atom stereocenters. The van der Waals surface area contributed by atoms with E-state index in [1.54, 1.807) is 4.90 Å². The predicted octanol–water partition coefficient (Wildman–Crippen LogP) is 2.57. The largest absolute Gasteiger partial charge is 0.474 e. The number of alkyl halides is 1. The number of carbonyl (C=O) groups excluding carboxylic acids is 1. The van der Waals surface area contributed by atoms with Crippen molar-refractivity contribution in [2.24, 2.45) is 0 Å². The van der Waals surface area contributed by atoms with Crippen LogP contribution >= 0.6 is 0 Å². The minimum absolute atomic E-state index is 0.0183. The first kappa shape index (κ1) is 23.7. The Bertz CT molecular complexity index is 439. The molecular weight excluding hydrogens is 327 g/mol. The third-order valence-electron chi connectivity index (χ3n) is 3.80. The Morgan fingerprint density at radius 3 is 2.44 bits per heavy atom. The Morgan fingerprint density at radius 2 is 2.00 bits per heavy atom. The second-order valence-electron chi connectivity index (χ2n) is 6.52. The topological polar surface area (TPSA) is 71.0 Å². The average Bonchev–Trinajstić information content (AvgIpc) is 2.92. The van der Waals surface area contributed by atoms with Crippen molar-refractivity contribution in [1.29, 1.82) is 0 Å². The number of halogens is 1. The Kier molecular flexibility index (Phi) is 9.43. The molecule has 0 radical (unpaired) electrons. The second-order valence-corrected chi connectivity index (χ2v) is 6.52. The lowest BCUT2D eigenvalue weighted by atomic mass is 9.90. The molecule has 1 spiro atoms. The number of aliphatic hydroxyl groups excluding tert-OH is 1. The summed E-state index contributed by atoms with van der Waals surface area (Å²) in [4.78, 5) is 13.4. The van der Waals surface area contributed by atoms with Gasteiger partial charge in [0, 0.05) is 6.54 Å². The van der Waals surface area contributed by atoms with Crippen molar-refractivity contribution in [2.45, 2.75) is 78.4 Å². The summed E-state index contributed by atoms with van der Waals surface area (Å²) in [6.45, 7) is 17.9. The van der Waals surface area contributed by atoms with Crippen LogP contribution in [0.5, 0.6) is 0 Å². The monoisotopic (exact) mass is 362 g/mol. The van der Waals surface area contributed by atoms with Crippen LogP contribution in [-0.4, -0.2) is 59.2 Å². The van der Waals surface area contributed by atoms with Crippen molar-refractivity contribution < 1.29 is 23.8 Å². The summed E-state index contributed by atoms with van der Waals surface area (Å²) < 4.78 is 23.8. The number of rotatable bonds is 3. The van der Waals surface area contributed by atoms with Crippen LogP contribution in [0.3, 0.4) is 0 Å². The van der Waals surface area contributed by atoms with E-state index in [0.717, 1.165) is 0 Å². The lowest BCUT2D eigenvalue weighted by molar-refractivity contribution is -0.165. The molecule has 2 N–H and O–H groups in total. The van der Waals surface area contributed by atoms with Gasteiger partial charge in [0.05, 0.1) is 24.8 Å². The molecule has 1 amide bonds. The van der Waals surface area contributed by atoms with Gasteiger partial charge in [-0.3, -0.25) is 4.79 Å². The van der Waals surface area contributed by atoms with E-state index in [1.165, 1.54) is 0 Å². The van der Waals surface area contributed by atoms with Gasteiger partial charge in [-0.15, -0.1) is 0 Å². The van der Waals surface area contributed by atoms with Gasteiger partial charge in [-0.25, -0.2) is 4.39 Å². The fourth-order valence-corrected chi connectivity index (χ4v) is 2.87. The zero-order valence-electron chi connectivity index (χ0n) is 16.7. The van der Waals surface area contributed by atoms with E-state index in [1.807, 2.05) is 48.5 Å². The molecule has 2 fully saturated rings. The quantitative estimate of drug-likeness (QED) is 0.755. The average molecular weight is 362 g/mol. The summed E-state index contributed by atoms with van der Waals surface area (Å²) >= 11 is 0. The van der Waals surface area contributed by atoms with Gasteiger partial charge >= 0.3 is 0 Å². The summed E-state index contributed by atoms with van der Waals surface area (Å²) in [5, 5.41) is 12.4. The highest BCUT2D eigenvalue weighted by Crippen LogP contribution is 2.35. The van der Waals surface area contributed by atoms with Crippen LogP contribution in [-0.2, 0) is 14.3 Å². The van der Waals surface area contributed by atoms with Crippen molar-refractivity contribution in [3.63, 3.8) is 0 Å². The number of hydrogen-bond acceptors (Lipinski definition) is 5. The lowest BCUT2D eigenvalue weighted by Crippen LogP contribution is -2.65. The Labute approximate surface area is 151 Å². The summed E-state index contributed by atoms with van der Waals surface area (Å²) in [6.07, 6.45) is -1.42. The van der Waals surface area contributed by atoms with Crippen molar-refractivity contribution in [3.05, 3.63) is 12.5 Å². The second kappa shape index (κ2) is 9.97. The van der Waals surface area contributed by atoms with Crippen LogP contribution in [0.1, 0.15) is 54.9 Å². The number of ether oxygens (including phenoxy) is 2. The van der Waals surface area contributed by atoms with Crippen molar-refractivity contribution >= 4 is 5.91 Å². The van der Waals surface area contributed by atoms with Crippen molar-refractivity contribution in [3.8, 4) is 0 Å². The maximum absolute atomic E-state index is 13.2. The molecule has 0 saturated carbocycles. The highest BCUT2D eigenvalue weighted by molar-refractivity contribution is 5.81. The van der Waals surface area contributed by atoms with E-state index >= 15 is 0 Å². The van der Waals surface area contributed by atoms with Crippen LogP contribution in [0.4, 0.5) is 4.39 Å². The minimum Gasteiger partial charge on any atom is -0.474 e. The van der Waals surface area contributed by atoms with Gasteiger partial charge in [-0.2, -0.15) is 0 Å². The van der Waals surface area contributed by atoms with Crippen LogP contribution in [0.2, 0.25) is 0 Å². The molecule has 7 heteroatoms. The Balaban J connectivity index is 0.00000134. The number of hydrogen-bond donors (Lipinski definition) is 2. The van der Waals surface area contributed by atoms with Crippen molar-refractivity contribution in [1.82, 2.24) is 10.2 Å². The van der Waals surface area contributed by atoms with Gasteiger partial charge in [0.2, 0.25) is 0 Å². The first-order valence-electron chi connectivity index (χ1n) is 9.02. The number of likely N-dealkylation sites (tertiary alicyclic amines) is 1. The molecule has 2 aliphatic rings. The molecule has 3 atom stereocenters. The molecule has 0 aliphatic carbocycles. The molecule has 148 valence electrons. The third kappa shape index (κ3) is 5.85. The summed E-state index contributed by atoms with van der Waals surface area (Å²) in [6, 6.07) is -0.455. The third-order valence-corrected chi connectivity index (χ3v) is 3.80. The normalized spacial score (nSPS) is 28.4. The molecule has 25 heavy (non-hydrogen) atoms. The molecular formula is C18H35FN2O4. The molecule has 0 aromatic carbocycles. The van der Waals surface area contributed by atoms with Gasteiger partial charge in [-0.1, -0.05) is 27.7 Å². The molecule has 2 aliphatic heterocycles. The molecule has 0 aromatic heterocycles. The van der Waals surface area contributed by atoms with E-state index in [2.05, 4.69) is 11.9 Å². The molecule has 2 heterocycles. The first-order valence-corrected chi connectivity index (χ1v) is 9.02. The smallest absolute Gasteiger partial charge is 0.282 e. The fourth-order valence-electron chi connectivity index (χ4n) is 2.87. The number of morpholine rings is 1. The zero-order valence-corrected chi connectivity index (χ0v) is 16.7. The van der Waals surface area contributed by atoms with Gasteiger partial charge in [-0.05, 0) is 33.8 Å².